The summed E-state index contributed by atoms with van der Waals surface area (Å²) in [5, 5.41) is 25.8. The summed E-state index contributed by atoms with van der Waals surface area (Å²) in [5.41, 5.74) is 4.88. The number of Topliss-reactive ketones (excluding diaryl/α,β-unsaturated/α-hetero) is 1. The predicted molar refractivity (Wildman–Crippen MR) is 152 cm³/mol. The Morgan fingerprint density at radius 1 is 1.18 bits per heavy atom. The number of rotatable bonds is 7. The fraction of sp³-hybridized carbons (Fsp3) is 0.429. The van der Waals surface area contributed by atoms with Crippen molar-refractivity contribution in [2.45, 2.75) is 39.3 Å². The number of nitrogens with one attached hydrogen (secondary N) is 3. The van der Waals surface area contributed by atoms with Gasteiger partial charge in [-0.1, -0.05) is 26.0 Å². The fourth-order valence-corrected chi connectivity index (χ4v) is 5.20. The van der Waals surface area contributed by atoms with Gasteiger partial charge in [0.25, 0.3) is 5.91 Å². The van der Waals surface area contributed by atoms with Crippen molar-refractivity contribution in [2.24, 2.45) is 0 Å². The molecule has 0 bridgehead atoms. The molecule has 0 spiro atoms. The molecule has 0 atom stereocenters. The molecule has 3 N–H and O–H groups in total. The number of ketones is 1. The van der Waals surface area contributed by atoms with Crippen molar-refractivity contribution in [1.29, 1.82) is 5.41 Å². The number of tetrazole rings is 1. The molecule has 0 radical (unpaired) electrons. The van der Waals surface area contributed by atoms with Crippen LogP contribution in [0.15, 0.2) is 24.3 Å². The average molecular weight is 546 g/mol. The molecule has 0 saturated heterocycles. The van der Waals surface area contributed by atoms with Gasteiger partial charge in [-0.2, -0.15) is 5.21 Å². The molecule has 5 rings (SSSR count). The highest BCUT2D eigenvalue weighted by Gasteiger charge is 2.32. The van der Waals surface area contributed by atoms with E-state index in [4.69, 9.17) is 10.1 Å². The molecule has 0 saturated carbocycles. The number of amidine groups is 1. The highest BCUT2D eigenvalue weighted by molar-refractivity contribution is 6.08. The first-order valence-corrected chi connectivity index (χ1v) is 13.2. The summed E-state index contributed by atoms with van der Waals surface area (Å²) in [4.78, 5) is 32.1. The van der Waals surface area contributed by atoms with Gasteiger partial charge >= 0.3 is 0 Å². The number of carbonyl (C=O) groups is 2. The highest BCUT2D eigenvalue weighted by atomic mass is 16.5. The Hall–Kier alpha value is -4.48. The number of nitrogens with zero attached hydrogens (tertiary/aromatic N) is 6. The van der Waals surface area contributed by atoms with Crippen LogP contribution < -0.4 is 19.9 Å². The van der Waals surface area contributed by atoms with Crippen molar-refractivity contribution in [2.75, 3.05) is 50.6 Å². The summed E-state index contributed by atoms with van der Waals surface area (Å²) < 4.78 is 6.13. The van der Waals surface area contributed by atoms with Crippen molar-refractivity contribution >= 4 is 28.9 Å². The fourth-order valence-electron chi connectivity index (χ4n) is 5.20. The number of anilines is 2. The lowest BCUT2D eigenvalue weighted by Crippen LogP contribution is -2.35. The molecular weight excluding hydrogens is 510 g/mol. The molecular formula is C28H35N9O3. The van der Waals surface area contributed by atoms with Gasteiger partial charge in [0.15, 0.2) is 11.6 Å². The summed E-state index contributed by atoms with van der Waals surface area (Å²) in [6, 6.07) is 7.47. The Morgan fingerprint density at radius 2 is 1.95 bits per heavy atom. The summed E-state index contributed by atoms with van der Waals surface area (Å²) >= 11 is 0. The van der Waals surface area contributed by atoms with E-state index in [1.54, 1.807) is 18.0 Å². The van der Waals surface area contributed by atoms with E-state index in [9.17, 15) is 9.59 Å². The third kappa shape index (κ3) is 4.96. The maximum Gasteiger partial charge on any atom is 0.253 e. The topological polar surface area (TPSA) is 143 Å². The first kappa shape index (κ1) is 27.1. The number of hydrogen-bond donors (Lipinski definition) is 3. The molecule has 2 aromatic carbocycles. The van der Waals surface area contributed by atoms with Crippen LogP contribution in [0.5, 0.6) is 5.75 Å². The summed E-state index contributed by atoms with van der Waals surface area (Å²) in [5.74, 6) is 1.23. The number of amides is 1. The van der Waals surface area contributed by atoms with Gasteiger partial charge < -0.3 is 24.8 Å². The van der Waals surface area contributed by atoms with Gasteiger partial charge in [-0.05, 0) is 35.2 Å². The molecule has 40 heavy (non-hydrogen) atoms. The number of ether oxygens (including phenoxy) is 1. The minimum atomic E-state index is -0.273. The van der Waals surface area contributed by atoms with Crippen LogP contribution in [-0.4, -0.2) is 83.9 Å². The van der Waals surface area contributed by atoms with Gasteiger partial charge in [0.2, 0.25) is 0 Å². The lowest BCUT2D eigenvalue weighted by molar-refractivity contribution is 0.0955. The van der Waals surface area contributed by atoms with E-state index < -0.39 is 0 Å². The van der Waals surface area contributed by atoms with Crippen LogP contribution in [0.4, 0.5) is 11.4 Å². The maximum atomic E-state index is 13.8. The van der Waals surface area contributed by atoms with Gasteiger partial charge in [0, 0.05) is 50.1 Å². The van der Waals surface area contributed by atoms with Gasteiger partial charge in [0.05, 0.1) is 30.9 Å². The van der Waals surface area contributed by atoms with Crippen molar-refractivity contribution in [3.63, 3.8) is 0 Å². The van der Waals surface area contributed by atoms with Crippen LogP contribution >= 0.6 is 0 Å². The summed E-state index contributed by atoms with van der Waals surface area (Å²) in [6.07, 6.45) is 0. The van der Waals surface area contributed by atoms with E-state index >= 15 is 0 Å². The molecule has 0 unspecified atom stereocenters. The number of fused-ring (bicyclic) bond motifs is 2. The number of H-pyrrole nitrogens is 1. The number of benzene rings is 2. The Balaban J connectivity index is 1.46. The average Bonchev–Trinajstić information content (AvgIpc) is 3.54. The molecule has 12 heteroatoms. The van der Waals surface area contributed by atoms with Crippen molar-refractivity contribution in [3.05, 3.63) is 57.9 Å². The second-order valence-corrected chi connectivity index (χ2v) is 11.3. The Labute approximate surface area is 233 Å². The molecule has 2 aliphatic heterocycles. The van der Waals surface area contributed by atoms with Gasteiger partial charge in [-0.25, -0.2) is 0 Å². The minimum absolute atomic E-state index is 0.0359. The lowest BCUT2D eigenvalue weighted by atomic mass is 9.84. The zero-order valence-corrected chi connectivity index (χ0v) is 23.8. The van der Waals surface area contributed by atoms with E-state index in [0.717, 1.165) is 28.3 Å². The van der Waals surface area contributed by atoms with E-state index in [2.05, 4.69) is 51.6 Å². The highest BCUT2D eigenvalue weighted by Crippen LogP contribution is 2.42. The van der Waals surface area contributed by atoms with Crippen molar-refractivity contribution in [1.82, 2.24) is 30.8 Å². The van der Waals surface area contributed by atoms with E-state index in [1.165, 1.54) is 0 Å². The normalized spacial score (nSPS) is 14.5. The standard InChI is InChI=1S/C28H35N9O3/c1-28(2,3)20-9-16(10-22-25(20)40-8-7-36(22)15-24-31-33-34-32-24)23(38)14-37-13-17-11-21(35(5)6)19(27(39)30-4)12-18(17)26(37)29/h9-12,29H,7-8,13-15H2,1-6H3,(H,30,39)(H,31,32,33,34). The Morgan fingerprint density at radius 3 is 2.60 bits per heavy atom. The van der Waals surface area contributed by atoms with Crippen LogP contribution in [-0.2, 0) is 18.5 Å². The van der Waals surface area contributed by atoms with E-state index in [0.29, 0.717) is 48.8 Å². The third-order valence-corrected chi connectivity index (χ3v) is 7.31. The smallest absolute Gasteiger partial charge is 0.253 e. The molecule has 2 aliphatic rings. The number of aromatic amines is 1. The summed E-state index contributed by atoms with van der Waals surface area (Å²) in [6.45, 7) is 8.30. The number of carbonyl (C=O) groups excluding carboxylic acids is 2. The first-order chi connectivity index (χ1) is 19.0. The van der Waals surface area contributed by atoms with E-state index in [-0.39, 0.29) is 29.5 Å². The van der Waals surface area contributed by atoms with Gasteiger partial charge in [0.1, 0.15) is 18.2 Å². The first-order valence-electron chi connectivity index (χ1n) is 13.2. The SMILES string of the molecule is CNC(=O)c1cc2c(cc1N(C)C)CN(CC(=O)c1cc3c(c(C(C)(C)C)c1)OCCN3Cc1nn[nH]n1)C2=N. The summed E-state index contributed by atoms with van der Waals surface area (Å²) in [7, 11) is 5.35. The number of aromatic nitrogens is 4. The van der Waals surface area contributed by atoms with Gasteiger partial charge in [-0.15, -0.1) is 10.2 Å². The van der Waals surface area contributed by atoms with E-state index in [1.807, 2.05) is 37.2 Å². The minimum Gasteiger partial charge on any atom is -0.489 e. The Kier molecular flexibility index (Phi) is 6.94. The largest absolute Gasteiger partial charge is 0.489 e. The molecule has 210 valence electrons. The maximum absolute atomic E-state index is 13.8. The zero-order valence-electron chi connectivity index (χ0n) is 23.8. The molecule has 0 fully saturated rings. The number of hydrogen-bond acceptors (Lipinski definition) is 9. The molecule has 0 aliphatic carbocycles. The van der Waals surface area contributed by atoms with Crippen LogP contribution in [0.1, 0.15) is 64.0 Å². The van der Waals surface area contributed by atoms with Crippen LogP contribution in [0, 0.1) is 5.41 Å². The van der Waals surface area contributed by atoms with Crippen LogP contribution in [0.3, 0.4) is 0 Å². The predicted octanol–water partition coefficient (Wildman–Crippen LogP) is 2.35. The monoisotopic (exact) mass is 545 g/mol. The van der Waals surface area contributed by atoms with Gasteiger partial charge in [-0.3, -0.25) is 15.0 Å². The van der Waals surface area contributed by atoms with Crippen LogP contribution in [0.2, 0.25) is 0 Å². The second kappa shape index (κ2) is 10.2. The Bertz CT molecular complexity index is 1480. The second-order valence-electron chi connectivity index (χ2n) is 11.3. The van der Waals surface area contributed by atoms with Crippen molar-refractivity contribution < 1.29 is 14.3 Å². The van der Waals surface area contributed by atoms with Crippen LogP contribution in [0.25, 0.3) is 0 Å². The molecule has 1 amide bonds. The third-order valence-electron chi connectivity index (χ3n) is 7.31. The quantitative estimate of drug-likeness (QED) is 0.381. The molecule has 1 aromatic heterocycles. The zero-order chi connectivity index (χ0) is 28.8. The molecule has 3 aromatic rings. The lowest BCUT2D eigenvalue weighted by Gasteiger charge is -2.35. The molecule has 12 nitrogen and oxygen atoms in total. The van der Waals surface area contributed by atoms with Crippen molar-refractivity contribution in [3.8, 4) is 5.75 Å². The molecule has 3 heterocycles.